The van der Waals surface area contributed by atoms with Crippen LogP contribution in [0.15, 0.2) is 12.3 Å². The van der Waals surface area contributed by atoms with Gasteiger partial charge in [-0.2, -0.15) is 13.2 Å². The number of halogens is 3. The van der Waals surface area contributed by atoms with E-state index in [-0.39, 0.29) is 12.1 Å². The average molecular weight is 275 g/mol. The molecule has 0 saturated carbocycles. The zero-order chi connectivity index (χ0) is 13.9. The van der Waals surface area contributed by atoms with E-state index < -0.39 is 11.9 Å². The van der Waals surface area contributed by atoms with Crippen molar-refractivity contribution in [1.82, 2.24) is 9.97 Å². The summed E-state index contributed by atoms with van der Waals surface area (Å²) in [6.07, 6.45) is -0.230. The molecule has 2 heterocycles. The normalized spacial score (nSPS) is 20.3. The topological polar surface area (TPSA) is 38.2 Å². The Labute approximate surface area is 109 Å². The molecule has 1 unspecified atom stereocenters. The third-order valence-corrected chi connectivity index (χ3v) is 3.03. The van der Waals surface area contributed by atoms with Crippen molar-refractivity contribution in [1.29, 1.82) is 0 Å². The molecule has 1 aromatic rings. The Kier molecular flexibility index (Phi) is 4.24. The van der Waals surface area contributed by atoms with Gasteiger partial charge in [0.25, 0.3) is 0 Å². The fraction of sp³-hybridized carbons (Fsp3) is 0.667. The molecule has 0 amide bonds. The van der Waals surface area contributed by atoms with Crippen LogP contribution in [0.4, 0.5) is 19.1 Å². The Bertz CT molecular complexity index is 419. The lowest BCUT2D eigenvalue weighted by molar-refractivity contribution is -0.141. The Morgan fingerprint density at radius 2 is 2.21 bits per heavy atom. The summed E-state index contributed by atoms with van der Waals surface area (Å²) in [7, 11) is 1.67. The fourth-order valence-electron chi connectivity index (χ4n) is 2.03. The first-order valence-corrected chi connectivity index (χ1v) is 6.20. The van der Waals surface area contributed by atoms with E-state index in [2.05, 4.69) is 9.97 Å². The van der Waals surface area contributed by atoms with Gasteiger partial charge in [0.1, 0.15) is 5.69 Å². The van der Waals surface area contributed by atoms with Crippen LogP contribution in [0.2, 0.25) is 0 Å². The Balaban J connectivity index is 2.04. The first kappa shape index (κ1) is 14.0. The smallest absolute Gasteiger partial charge is 0.376 e. The zero-order valence-electron chi connectivity index (χ0n) is 10.7. The summed E-state index contributed by atoms with van der Waals surface area (Å²) in [5.41, 5.74) is -0.922. The number of likely N-dealkylation sites (N-methyl/N-ethyl adjacent to an activating group) is 1. The van der Waals surface area contributed by atoms with Crippen LogP contribution in [-0.2, 0) is 10.9 Å². The second-order valence-electron chi connectivity index (χ2n) is 4.61. The van der Waals surface area contributed by atoms with E-state index in [9.17, 15) is 13.2 Å². The summed E-state index contributed by atoms with van der Waals surface area (Å²) in [6, 6.07) is 0.869. The van der Waals surface area contributed by atoms with Gasteiger partial charge in [-0.25, -0.2) is 9.97 Å². The molecule has 1 atom stereocenters. The predicted octanol–water partition coefficient (Wildman–Crippen LogP) is 2.50. The Morgan fingerprint density at radius 1 is 1.42 bits per heavy atom. The van der Waals surface area contributed by atoms with Gasteiger partial charge >= 0.3 is 6.18 Å². The molecule has 1 aliphatic heterocycles. The molecule has 0 aromatic carbocycles. The zero-order valence-corrected chi connectivity index (χ0v) is 10.7. The molecule has 1 saturated heterocycles. The van der Waals surface area contributed by atoms with Gasteiger partial charge in [0.15, 0.2) is 0 Å². The average Bonchev–Trinajstić information content (AvgIpc) is 2.39. The highest BCUT2D eigenvalue weighted by molar-refractivity contribution is 5.29. The molecule has 7 heteroatoms. The van der Waals surface area contributed by atoms with E-state index in [1.807, 2.05) is 0 Å². The molecule has 2 rings (SSSR count). The van der Waals surface area contributed by atoms with Crippen LogP contribution in [0.25, 0.3) is 0 Å². The molecule has 106 valence electrons. The van der Waals surface area contributed by atoms with Crippen LogP contribution in [0.5, 0.6) is 0 Å². The highest BCUT2D eigenvalue weighted by Crippen LogP contribution is 2.28. The molecular formula is C12H16F3N3O. The monoisotopic (exact) mass is 275 g/mol. The second-order valence-corrected chi connectivity index (χ2v) is 4.61. The third-order valence-electron chi connectivity index (χ3n) is 3.03. The number of anilines is 1. The van der Waals surface area contributed by atoms with Gasteiger partial charge in [-0.15, -0.1) is 0 Å². The largest absolute Gasteiger partial charge is 0.433 e. The van der Waals surface area contributed by atoms with E-state index >= 15 is 0 Å². The van der Waals surface area contributed by atoms with Crippen LogP contribution in [-0.4, -0.2) is 36.3 Å². The Hall–Kier alpha value is -1.37. The molecule has 1 aliphatic rings. The molecular weight excluding hydrogens is 259 g/mol. The van der Waals surface area contributed by atoms with Crippen LogP contribution in [0, 0.1) is 0 Å². The summed E-state index contributed by atoms with van der Waals surface area (Å²) in [5, 5.41) is 0. The van der Waals surface area contributed by atoms with Crippen molar-refractivity contribution in [3.8, 4) is 0 Å². The summed E-state index contributed by atoms with van der Waals surface area (Å²) in [5.74, 6) is 0.0731. The number of hydrogen-bond acceptors (Lipinski definition) is 4. The van der Waals surface area contributed by atoms with E-state index in [4.69, 9.17) is 4.74 Å². The van der Waals surface area contributed by atoms with Gasteiger partial charge in [0, 0.05) is 26.4 Å². The standard InChI is InChI=1S/C12H16F3N3O/c1-18(8-9-4-2-3-7-19-9)11-16-6-5-10(17-11)12(13,14)15/h5-6,9H,2-4,7-8H2,1H3. The fourth-order valence-corrected chi connectivity index (χ4v) is 2.03. The lowest BCUT2D eigenvalue weighted by Crippen LogP contribution is -2.34. The van der Waals surface area contributed by atoms with Crippen LogP contribution in [0.1, 0.15) is 25.0 Å². The van der Waals surface area contributed by atoms with Crippen molar-refractivity contribution in [2.45, 2.75) is 31.5 Å². The third kappa shape index (κ3) is 3.79. The first-order chi connectivity index (χ1) is 8.97. The molecule has 1 aromatic heterocycles. The minimum atomic E-state index is -4.44. The summed E-state index contributed by atoms with van der Waals surface area (Å²) >= 11 is 0. The maximum Gasteiger partial charge on any atom is 0.433 e. The molecule has 0 N–H and O–H groups in total. The number of hydrogen-bond donors (Lipinski definition) is 0. The second kappa shape index (κ2) is 5.73. The van der Waals surface area contributed by atoms with Gasteiger partial charge in [0.05, 0.1) is 6.10 Å². The van der Waals surface area contributed by atoms with Crippen molar-refractivity contribution in [3.05, 3.63) is 18.0 Å². The van der Waals surface area contributed by atoms with Crippen molar-refractivity contribution in [2.75, 3.05) is 25.1 Å². The van der Waals surface area contributed by atoms with Crippen molar-refractivity contribution in [3.63, 3.8) is 0 Å². The van der Waals surface area contributed by atoms with Crippen LogP contribution < -0.4 is 4.90 Å². The van der Waals surface area contributed by atoms with Crippen molar-refractivity contribution < 1.29 is 17.9 Å². The van der Waals surface area contributed by atoms with Gasteiger partial charge < -0.3 is 9.64 Å². The van der Waals surface area contributed by atoms with E-state index in [0.717, 1.165) is 31.5 Å². The van der Waals surface area contributed by atoms with Gasteiger partial charge in [-0.05, 0) is 25.3 Å². The molecule has 0 aliphatic carbocycles. The van der Waals surface area contributed by atoms with Gasteiger partial charge in [-0.1, -0.05) is 0 Å². The van der Waals surface area contributed by atoms with Crippen molar-refractivity contribution in [2.24, 2.45) is 0 Å². The van der Waals surface area contributed by atoms with Gasteiger partial charge in [0.2, 0.25) is 5.95 Å². The van der Waals surface area contributed by atoms with Crippen LogP contribution >= 0.6 is 0 Å². The Morgan fingerprint density at radius 3 is 2.84 bits per heavy atom. The lowest BCUT2D eigenvalue weighted by Gasteiger charge is -2.27. The number of rotatable bonds is 3. The molecule has 19 heavy (non-hydrogen) atoms. The number of alkyl halides is 3. The SMILES string of the molecule is CN(CC1CCCCO1)c1nccc(C(F)(F)F)n1. The van der Waals surface area contributed by atoms with Crippen molar-refractivity contribution >= 4 is 5.95 Å². The molecule has 1 fully saturated rings. The van der Waals surface area contributed by atoms with E-state index in [0.29, 0.717) is 13.2 Å². The lowest BCUT2D eigenvalue weighted by atomic mass is 10.1. The van der Waals surface area contributed by atoms with E-state index in [1.165, 1.54) is 0 Å². The van der Waals surface area contributed by atoms with E-state index in [1.54, 1.807) is 11.9 Å². The molecule has 0 bridgehead atoms. The predicted molar refractivity (Wildman–Crippen MR) is 63.9 cm³/mol. The molecule has 0 spiro atoms. The molecule has 0 radical (unpaired) electrons. The van der Waals surface area contributed by atoms with Gasteiger partial charge in [-0.3, -0.25) is 0 Å². The molecule has 4 nitrogen and oxygen atoms in total. The highest BCUT2D eigenvalue weighted by Gasteiger charge is 2.33. The number of ether oxygens (including phenoxy) is 1. The maximum atomic E-state index is 12.6. The number of nitrogens with zero attached hydrogens (tertiary/aromatic N) is 3. The minimum Gasteiger partial charge on any atom is -0.376 e. The minimum absolute atomic E-state index is 0.0388. The summed E-state index contributed by atoms with van der Waals surface area (Å²) in [6.45, 7) is 1.21. The summed E-state index contributed by atoms with van der Waals surface area (Å²) < 4.78 is 43.2. The quantitative estimate of drug-likeness (QED) is 0.849. The highest BCUT2D eigenvalue weighted by atomic mass is 19.4. The maximum absolute atomic E-state index is 12.6. The first-order valence-electron chi connectivity index (χ1n) is 6.20. The van der Waals surface area contributed by atoms with Crippen LogP contribution in [0.3, 0.4) is 0 Å². The number of aromatic nitrogens is 2. The summed E-state index contributed by atoms with van der Waals surface area (Å²) in [4.78, 5) is 9.02.